The molecule has 2 aromatic rings. The third kappa shape index (κ3) is 4.38. The maximum Gasteiger partial charge on any atom is 0.150 e. The maximum atomic E-state index is 11.2. The Morgan fingerprint density at radius 3 is 2.67 bits per heavy atom. The lowest BCUT2D eigenvalue weighted by molar-refractivity contribution is 0.340. The molecule has 110 valence electrons. The first kappa shape index (κ1) is 15.7. The molecule has 0 aliphatic carbocycles. The number of sulfone groups is 1. The summed E-state index contributed by atoms with van der Waals surface area (Å²) < 4.78 is 27.9. The van der Waals surface area contributed by atoms with E-state index in [1.165, 1.54) is 6.26 Å². The third-order valence-corrected chi connectivity index (χ3v) is 3.92. The fraction of sp³-hybridized carbons (Fsp3) is 0.250. The van der Waals surface area contributed by atoms with Gasteiger partial charge in [0.05, 0.1) is 17.2 Å². The second-order valence-electron chi connectivity index (χ2n) is 4.57. The van der Waals surface area contributed by atoms with Crippen molar-refractivity contribution in [3.05, 3.63) is 42.0 Å². The highest BCUT2D eigenvalue weighted by molar-refractivity contribution is 7.90. The van der Waals surface area contributed by atoms with E-state index in [0.717, 1.165) is 16.3 Å². The first-order chi connectivity index (χ1) is 10.0. The Balaban J connectivity index is 2.38. The standard InChI is InChI=1S/C16H15ClO3S/c1-21(18,19)12-11-20-16-9-8-13-5-2-3-6-14(13)15(16)7-4-10-17/h2-3,5-6,8-9H,10-12H2,1H3. The van der Waals surface area contributed by atoms with Gasteiger partial charge in [-0.1, -0.05) is 42.2 Å². The quantitative estimate of drug-likeness (QED) is 0.642. The summed E-state index contributed by atoms with van der Waals surface area (Å²) in [5, 5.41) is 2.01. The predicted octanol–water partition coefficient (Wildman–Crippen LogP) is 2.85. The van der Waals surface area contributed by atoms with Crippen molar-refractivity contribution < 1.29 is 13.2 Å². The van der Waals surface area contributed by atoms with Crippen molar-refractivity contribution in [2.75, 3.05) is 24.5 Å². The highest BCUT2D eigenvalue weighted by Gasteiger charge is 2.08. The van der Waals surface area contributed by atoms with Gasteiger partial charge in [-0.3, -0.25) is 0 Å². The zero-order valence-electron chi connectivity index (χ0n) is 11.6. The van der Waals surface area contributed by atoms with E-state index in [-0.39, 0.29) is 18.2 Å². The molecule has 21 heavy (non-hydrogen) atoms. The zero-order valence-corrected chi connectivity index (χ0v) is 13.2. The summed E-state index contributed by atoms with van der Waals surface area (Å²) in [6.07, 6.45) is 1.19. The summed E-state index contributed by atoms with van der Waals surface area (Å²) in [6, 6.07) is 11.6. The Labute approximate surface area is 129 Å². The van der Waals surface area contributed by atoms with Crippen molar-refractivity contribution in [1.29, 1.82) is 0 Å². The van der Waals surface area contributed by atoms with Crippen LogP contribution in [0, 0.1) is 11.8 Å². The van der Waals surface area contributed by atoms with Crippen LogP contribution in [0.5, 0.6) is 5.75 Å². The molecule has 0 radical (unpaired) electrons. The molecule has 0 atom stereocenters. The first-order valence-corrected chi connectivity index (χ1v) is 8.98. The van der Waals surface area contributed by atoms with Gasteiger partial charge in [0.2, 0.25) is 0 Å². The molecule has 0 aliphatic rings. The number of fused-ring (bicyclic) bond motifs is 1. The minimum atomic E-state index is -3.05. The smallest absolute Gasteiger partial charge is 0.150 e. The molecule has 0 spiro atoms. The lowest BCUT2D eigenvalue weighted by Crippen LogP contribution is -2.12. The zero-order chi connectivity index (χ0) is 15.3. The predicted molar refractivity (Wildman–Crippen MR) is 86.8 cm³/mol. The van der Waals surface area contributed by atoms with Crippen LogP contribution in [-0.2, 0) is 9.84 Å². The van der Waals surface area contributed by atoms with E-state index in [1.807, 2.05) is 36.4 Å². The van der Waals surface area contributed by atoms with Crippen LogP contribution in [0.2, 0.25) is 0 Å². The molecule has 3 nitrogen and oxygen atoms in total. The van der Waals surface area contributed by atoms with Gasteiger partial charge in [0.15, 0.2) is 9.84 Å². The van der Waals surface area contributed by atoms with Crippen molar-refractivity contribution in [2.24, 2.45) is 0 Å². The summed E-state index contributed by atoms with van der Waals surface area (Å²) in [5.74, 6) is 6.60. The van der Waals surface area contributed by atoms with E-state index < -0.39 is 9.84 Å². The highest BCUT2D eigenvalue weighted by Crippen LogP contribution is 2.27. The van der Waals surface area contributed by atoms with Crippen LogP contribution in [0.25, 0.3) is 10.8 Å². The van der Waals surface area contributed by atoms with E-state index in [0.29, 0.717) is 5.75 Å². The van der Waals surface area contributed by atoms with Gasteiger partial charge >= 0.3 is 0 Å². The normalized spacial score (nSPS) is 11.0. The Morgan fingerprint density at radius 2 is 1.95 bits per heavy atom. The molecule has 0 N–H and O–H groups in total. The number of ether oxygens (including phenoxy) is 1. The minimum Gasteiger partial charge on any atom is -0.491 e. The van der Waals surface area contributed by atoms with Gasteiger partial charge in [0.1, 0.15) is 12.4 Å². The van der Waals surface area contributed by atoms with Gasteiger partial charge in [-0.15, -0.1) is 11.6 Å². The van der Waals surface area contributed by atoms with Crippen LogP contribution in [0.15, 0.2) is 36.4 Å². The fourth-order valence-corrected chi connectivity index (χ4v) is 2.38. The molecule has 0 fully saturated rings. The lowest BCUT2D eigenvalue weighted by Gasteiger charge is -2.10. The van der Waals surface area contributed by atoms with Gasteiger partial charge in [-0.05, 0) is 11.5 Å². The van der Waals surface area contributed by atoms with Crippen LogP contribution in [-0.4, -0.2) is 32.9 Å². The number of alkyl halides is 1. The van der Waals surface area contributed by atoms with Crippen molar-refractivity contribution in [2.45, 2.75) is 0 Å². The fourth-order valence-electron chi connectivity index (χ4n) is 1.93. The highest BCUT2D eigenvalue weighted by atomic mass is 35.5. The number of hydrogen-bond acceptors (Lipinski definition) is 3. The number of rotatable bonds is 4. The molecular weight excluding hydrogens is 308 g/mol. The third-order valence-electron chi connectivity index (χ3n) is 2.88. The van der Waals surface area contributed by atoms with E-state index in [2.05, 4.69) is 11.8 Å². The van der Waals surface area contributed by atoms with Gasteiger partial charge in [0, 0.05) is 11.6 Å². The molecule has 0 heterocycles. The largest absolute Gasteiger partial charge is 0.491 e. The molecule has 0 amide bonds. The van der Waals surface area contributed by atoms with Gasteiger partial charge in [-0.2, -0.15) is 0 Å². The monoisotopic (exact) mass is 322 g/mol. The Kier molecular flexibility index (Phi) is 5.11. The SMILES string of the molecule is CS(=O)(=O)CCOc1ccc2ccccc2c1C#CCCl. The summed E-state index contributed by atoms with van der Waals surface area (Å²) in [4.78, 5) is 0. The molecule has 0 aliphatic heterocycles. The number of hydrogen-bond donors (Lipinski definition) is 0. The average Bonchev–Trinajstić information content (AvgIpc) is 2.44. The molecule has 0 saturated heterocycles. The number of benzene rings is 2. The molecule has 0 bridgehead atoms. The van der Waals surface area contributed by atoms with Crippen LogP contribution < -0.4 is 4.74 Å². The summed E-state index contributed by atoms with van der Waals surface area (Å²) in [5.41, 5.74) is 0.738. The van der Waals surface area contributed by atoms with E-state index in [1.54, 1.807) is 0 Å². The lowest BCUT2D eigenvalue weighted by atomic mass is 10.0. The van der Waals surface area contributed by atoms with Crippen LogP contribution in [0.1, 0.15) is 5.56 Å². The molecule has 2 aromatic carbocycles. The van der Waals surface area contributed by atoms with Crippen molar-refractivity contribution in [3.8, 4) is 17.6 Å². The molecule has 5 heteroatoms. The Morgan fingerprint density at radius 1 is 1.19 bits per heavy atom. The second kappa shape index (κ2) is 6.84. The molecule has 0 unspecified atom stereocenters. The van der Waals surface area contributed by atoms with Crippen molar-refractivity contribution >= 4 is 32.2 Å². The average molecular weight is 323 g/mol. The van der Waals surface area contributed by atoms with Gasteiger partial charge in [0.25, 0.3) is 0 Å². The van der Waals surface area contributed by atoms with Crippen LogP contribution in [0.4, 0.5) is 0 Å². The number of halogens is 1. The van der Waals surface area contributed by atoms with E-state index in [4.69, 9.17) is 16.3 Å². The Hall–Kier alpha value is -1.70. The minimum absolute atomic E-state index is 0.0256. The molecule has 0 saturated carbocycles. The van der Waals surface area contributed by atoms with Crippen LogP contribution in [0.3, 0.4) is 0 Å². The van der Waals surface area contributed by atoms with Crippen molar-refractivity contribution in [1.82, 2.24) is 0 Å². The second-order valence-corrected chi connectivity index (χ2v) is 7.10. The van der Waals surface area contributed by atoms with Gasteiger partial charge < -0.3 is 4.74 Å². The topological polar surface area (TPSA) is 43.4 Å². The molecule has 0 aromatic heterocycles. The summed E-state index contributed by atoms with van der Waals surface area (Å²) in [6.45, 7) is 0.104. The van der Waals surface area contributed by atoms with Gasteiger partial charge in [-0.25, -0.2) is 8.42 Å². The van der Waals surface area contributed by atoms with Crippen molar-refractivity contribution in [3.63, 3.8) is 0 Å². The Bertz CT molecular complexity index is 801. The molecule has 2 rings (SSSR count). The summed E-state index contributed by atoms with van der Waals surface area (Å²) in [7, 11) is -3.05. The van der Waals surface area contributed by atoms with E-state index in [9.17, 15) is 8.42 Å². The van der Waals surface area contributed by atoms with E-state index >= 15 is 0 Å². The first-order valence-electron chi connectivity index (χ1n) is 6.38. The summed E-state index contributed by atoms with van der Waals surface area (Å²) >= 11 is 5.63. The maximum absolute atomic E-state index is 11.2. The van der Waals surface area contributed by atoms with Crippen LogP contribution >= 0.6 is 11.6 Å². The molecular formula is C16H15ClO3S.